The second kappa shape index (κ2) is 4.59. The minimum absolute atomic E-state index is 0.477. The summed E-state index contributed by atoms with van der Waals surface area (Å²) in [6.07, 6.45) is 3.61. The first-order valence-corrected chi connectivity index (χ1v) is 3.72. The van der Waals surface area contributed by atoms with Crippen molar-refractivity contribution in [1.29, 1.82) is 0 Å². The summed E-state index contributed by atoms with van der Waals surface area (Å²) in [6, 6.07) is 0. The highest BCUT2D eigenvalue weighted by Crippen LogP contribution is 2.23. The Bertz CT molecular complexity index is 187. The molecule has 0 aliphatic heterocycles. The van der Waals surface area contributed by atoms with E-state index < -0.39 is 0 Å². The van der Waals surface area contributed by atoms with Gasteiger partial charge in [-0.15, -0.1) is 0 Å². The largest absolute Gasteiger partial charge is 0.0843 e. The molecule has 0 aliphatic carbocycles. The second-order valence-corrected chi connectivity index (χ2v) is 2.61. The summed E-state index contributed by atoms with van der Waals surface area (Å²) in [4.78, 5) is 0. The molecule has 0 N–H and O–H groups in total. The minimum atomic E-state index is 0.477. The fourth-order valence-corrected chi connectivity index (χ4v) is 1.06. The molecule has 0 unspecified atom stereocenters. The van der Waals surface area contributed by atoms with Crippen LogP contribution in [0, 0.1) is 0 Å². The van der Waals surface area contributed by atoms with Crippen molar-refractivity contribution in [2.75, 3.05) is 0 Å². The minimum Gasteiger partial charge on any atom is -0.0843 e. The summed E-state index contributed by atoms with van der Waals surface area (Å²) in [6.45, 7) is 7.29. The van der Waals surface area contributed by atoms with Crippen molar-refractivity contribution < 1.29 is 0 Å². The molecule has 0 aromatic rings. The van der Waals surface area contributed by atoms with Gasteiger partial charge in [0.2, 0.25) is 0 Å². The summed E-state index contributed by atoms with van der Waals surface area (Å²) < 4.78 is 0. The molecule has 0 rings (SSSR count). The summed E-state index contributed by atoms with van der Waals surface area (Å²) in [5.41, 5.74) is 0.797. The number of halogens is 2. The van der Waals surface area contributed by atoms with Crippen LogP contribution < -0.4 is 0 Å². The Kier molecular flexibility index (Phi) is 4.50. The molecule has 0 atom stereocenters. The molecule has 0 aromatic carbocycles. The molecule has 0 saturated heterocycles. The Labute approximate surface area is 71.8 Å². The highest BCUT2D eigenvalue weighted by molar-refractivity contribution is 6.38. The topological polar surface area (TPSA) is 0 Å². The third-order valence-electron chi connectivity index (χ3n) is 1.09. The number of hydrogen-bond donors (Lipinski definition) is 0. The van der Waals surface area contributed by atoms with Crippen molar-refractivity contribution >= 4 is 23.2 Å². The molecular formula is C8H10Cl2. The SMILES string of the molecule is C=C(Cl)C(=CC)C(Cl)=CC. The van der Waals surface area contributed by atoms with Gasteiger partial charge in [0.15, 0.2) is 0 Å². The van der Waals surface area contributed by atoms with Crippen LogP contribution in [0.5, 0.6) is 0 Å². The molecule has 2 heteroatoms. The van der Waals surface area contributed by atoms with E-state index in [1.54, 1.807) is 6.08 Å². The summed E-state index contributed by atoms with van der Waals surface area (Å²) in [5, 5.41) is 1.12. The number of allylic oxidation sites excluding steroid dienone is 5. The van der Waals surface area contributed by atoms with E-state index in [1.807, 2.05) is 19.9 Å². The average Bonchev–Trinajstić information content (AvgIpc) is 1.88. The van der Waals surface area contributed by atoms with Gasteiger partial charge in [-0.25, -0.2) is 0 Å². The second-order valence-electron chi connectivity index (χ2n) is 1.74. The zero-order valence-electron chi connectivity index (χ0n) is 6.12. The molecule has 0 spiro atoms. The van der Waals surface area contributed by atoms with Gasteiger partial charge in [-0.1, -0.05) is 41.9 Å². The van der Waals surface area contributed by atoms with Crippen molar-refractivity contribution in [3.05, 3.63) is 34.4 Å². The summed E-state index contributed by atoms with van der Waals surface area (Å²) >= 11 is 11.4. The first kappa shape index (κ1) is 9.80. The van der Waals surface area contributed by atoms with E-state index in [0.717, 1.165) is 5.57 Å². The maximum absolute atomic E-state index is 5.77. The fraction of sp³-hybridized carbons (Fsp3) is 0.250. The van der Waals surface area contributed by atoms with Crippen molar-refractivity contribution in [1.82, 2.24) is 0 Å². The normalized spacial score (nSPS) is 13.6. The highest BCUT2D eigenvalue weighted by atomic mass is 35.5. The predicted octanol–water partition coefficient (Wildman–Crippen LogP) is 3.83. The molecule has 0 fully saturated rings. The average molecular weight is 177 g/mol. The van der Waals surface area contributed by atoms with Gasteiger partial charge in [0, 0.05) is 15.6 Å². The highest BCUT2D eigenvalue weighted by Gasteiger charge is 2.00. The van der Waals surface area contributed by atoms with E-state index in [1.165, 1.54) is 0 Å². The molecular weight excluding hydrogens is 167 g/mol. The summed E-state index contributed by atoms with van der Waals surface area (Å²) in [7, 11) is 0. The zero-order chi connectivity index (χ0) is 8.15. The van der Waals surface area contributed by atoms with Crippen LogP contribution in [0.25, 0.3) is 0 Å². The molecule has 0 nitrogen and oxygen atoms in total. The number of rotatable bonds is 2. The molecule has 0 radical (unpaired) electrons. The lowest BCUT2D eigenvalue weighted by molar-refractivity contribution is 1.53. The Morgan fingerprint density at radius 3 is 1.80 bits per heavy atom. The third-order valence-corrected chi connectivity index (χ3v) is 1.72. The first-order valence-electron chi connectivity index (χ1n) is 2.96. The zero-order valence-corrected chi connectivity index (χ0v) is 7.63. The van der Waals surface area contributed by atoms with Gasteiger partial charge < -0.3 is 0 Å². The Hall–Kier alpha value is -0.200. The van der Waals surface area contributed by atoms with E-state index >= 15 is 0 Å². The lowest BCUT2D eigenvalue weighted by atomic mass is 10.2. The monoisotopic (exact) mass is 176 g/mol. The maximum Gasteiger partial charge on any atom is 0.0447 e. The van der Waals surface area contributed by atoms with E-state index in [9.17, 15) is 0 Å². The quantitative estimate of drug-likeness (QED) is 0.562. The third kappa shape index (κ3) is 2.59. The fourth-order valence-electron chi connectivity index (χ4n) is 0.580. The van der Waals surface area contributed by atoms with Crippen LogP contribution in [0.1, 0.15) is 13.8 Å². The molecule has 0 saturated carbocycles. The maximum atomic E-state index is 5.77. The van der Waals surface area contributed by atoms with E-state index in [2.05, 4.69) is 6.58 Å². The molecule has 56 valence electrons. The Morgan fingerprint density at radius 1 is 1.20 bits per heavy atom. The predicted molar refractivity (Wildman–Crippen MR) is 48.4 cm³/mol. The Morgan fingerprint density at radius 2 is 1.70 bits per heavy atom. The van der Waals surface area contributed by atoms with Crippen molar-refractivity contribution in [2.24, 2.45) is 0 Å². The van der Waals surface area contributed by atoms with Gasteiger partial charge in [0.25, 0.3) is 0 Å². The lowest BCUT2D eigenvalue weighted by Gasteiger charge is -2.00. The smallest absolute Gasteiger partial charge is 0.0447 e. The van der Waals surface area contributed by atoms with Gasteiger partial charge in [-0.05, 0) is 13.8 Å². The van der Waals surface area contributed by atoms with Crippen molar-refractivity contribution in [3.8, 4) is 0 Å². The molecule has 10 heavy (non-hydrogen) atoms. The molecule has 0 bridgehead atoms. The lowest BCUT2D eigenvalue weighted by Crippen LogP contribution is -1.80. The Balaban J connectivity index is 4.56. The number of hydrogen-bond acceptors (Lipinski definition) is 0. The van der Waals surface area contributed by atoms with Crippen LogP contribution in [0.2, 0.25) is 0 Å². The van der Waals surface area contributed by atoms with Gasteiger partial charge in [0.1, 0.15) is 0 Å². The van der Waals surface area contributed by atoms with Crippen molar-refractivity contribution in [2.45, 2.75) is 13.8 Å². The molecule has 0 heterocycles. The van der Waals surface area contributed by atoms with Gasteiger partial charge in [0.05, 0.1) is 0 Å². The molecule has 0 amide bonds. The van der Waals surface area contributed by atoms with Crippen LogP contribution in [0.4, 0.5) is 0 Å². The van der Waals surface area contributed by atoms with Crippen LogP contribution >= 0.6 is 23.2 Å². The first-order chi connectivity index (χ1) is 4.63. The van der Waals surface area contributed by atoms with Crippen LogP contribution in [0.15, 0.2) is 34.4 Å². The van der Waals surface area contributed by atoms with Gasteiger partial charge in [-0.3, -0.25) is 0 Å². The van der Waals surface area contributed by atoms with E-state index in [-0.39, 0.29) is 0 Å². The van der Waals surface area contributed by atoms with Crippen LogP contribution in [-0.2, 0) is 0 Å². The van der Waals surface area contributed by atoms with E-state index in [0.29, 0.717) is 10.1 Å². The summed E-state index contributed by atoms with van der Waals surface area (Å²) in [5.74, 6) is 0. The molecule has 0 aliphatic rings. The van der Waals surface area contributed by atoms with E-state index in [4.69, 9.17) is 23.2 Å². The van der Waals surface area contributed by atoms with Crippen molar-refractivity contribution in [3.63, 3.8) is 0 Å². The standard InChI is InChI=1S/C8H10Cl2/c1-4-7(6(3)9)8(10)5-2/h4-5H,3H2,1-2H3. The van der Waals surface area contributed by atoms with Crippen LogP contribution in [-0.4, -0.2) is 0 Å². The van der Waals surface area contributed by atoms with Gasteiger partial charge >= 0.3 is 0 Å². The van der Waals surface area contributed by atoms with Gasteiger partial charge in [-0.2, -0.15) is 0 Å². The van der Waals surface area contributed by atoms with Crippen LogP contribution in [0.3, 0.4) is 0 Å². The molecule has 0 aromatic heterocycles.